The van der Waals surface area contributed by atoms with E-state index >= 15 is 0 Å². The normalized spacial score (nSPS) is 10.7. The maximum Gasteiger partial charge on any atom is 0.0931 e. The number of benzene rings is 1. The quantitative estimate of drug-likeness (QED) is 0.559. The number of rotatable bonds is 2. The summed E-state index contributed by atoms with van der Waals surface area (Å²) in [5, 5.41) is 8.96. The van der Waals surface area contributed by atoms with Crippen molar-refractivity contribution >= 4 is 0 Å². The van der Waals surface area contributed by atoms with E-state index in [9.17, 15) is 4.39 Å². The molecule has 0 spiro atoms. The third-order valence-electron chi connectivity index (χ3n) is 2.83. The van der Waals surface area contributed by atoms with E-state index in [4.69, 9.17) is 5.11 Å². The molecule has 3 nitrogen and oxygen atoms in total. The van der Waals surface area contributed by atoms with Crippen LogP contribution >= 0.6 is 0 Å². The Morgan fingerprint density at radius 2 is 1.70 bits per heavy atom. The van der Waals surface area contributed by atoms with Crippen molar-refractivity contribution in [2.45, 2.75) is 13.0 Å². The van der Waals surface area contributed by atoms with Gasteiger partial charge in [-0.3, -0.25) is 9.37 Å². The number of halogens is 1. The second-order valence-electron chi connectivity index (χ2n) is 4.57. The SMILES string of the molecule is CC(O)c1ccccn1.Fc1c[c-]c(-c2ccccn2)cc1.[Ir]. The zero-order valence-electron chi connectivity index (χ0n) is 12.5. The average Bonchev–Trinajstić information content (AvgIpc) is 2.58. The van der Waals surface area contributed by atoms with Gasteiger partial charge in [0.05, 0.1) is 11.8 Å². The summed E-state index contributed by atoms with van der Waals surface area (Å²) in [5.74, 6) is -0.278. The first-order valence-corrected chi connectivity index (χ1v) is 6.84. The standard InChI is InChI=1S/C11H7FN.C7H9NO.Ir/c12-10-6-4-9(5-7-10)11-3-1-2-8-13-11;1-6(9)7-4-2-3-5-8-7;/h1-4,6-8H;2-6,9H,1H3;/q-1;;. The van der Waals surface area contributed by atoms with Crippen LogP contribution in [0.1, 0.15) is 18.7 Å². The fourth-order valence-electron chi connectivity index (χ4n) is 1.71. The average molecular weight is 488 g/mol. The van der Waals surface area contributed by atoms with E-state index in [-0.39, 0.29) is 25.9 Å². The maximum absolute atomic E-state index is 12.6. The molecule has 1 N–H and O–H groups in total. The summed E-state index contributed by atoms with van der Waals surface area (Å²) >= 11 is 0. The smallest absolute Gasteiger partial charge is 0.0931 e. The Morgan fingerprint density at radius 3 is 2.13 bits per heavy atom. The maximum atomic E-state index is 12.6. The molecule has 0 saturated heterocycles. The molecular weight excluding hydrogens is 471 g/mol. The summed E-state index contributed by atoms with van der Waals surface area (Å²) in [5.41, 5.74) is 2.34. The predicted octanol–water partition coefficient (Wildman–Crippen LogP) is 3.82. The largest absolute Gasteiger partial charge is 0.387 e. The van der Waals surface area contributed by atoms with E-state index in [1.165, 1.54) is 12.1 Å². The molecule has 0 aliphatic carbocycles. The van der Waals surface area contributed by atoms with Crippen molar-refractivity contribution in [1.82, 2.24) is 9.97 Å². The first kappa shape index (κ1) is 19.1. The van der Waals surface area contributed by atoms with E-state index in [1.807, 2.05) is 30.3 Å². The summed E-state index contributed by atoms with van der Waals surface area (Å²) < 4.78 is 12.6. The van der Waals surface area contributed by atoms with Crippen LogP contribution in [-0.2, 0) is 20.1 Å². The summed E-state index contributed by atoms with van der Waals surface area (Å²) in [6, 6.07) is 18.3. The Hall–Kier alpha value is -1.94. The molecule has 2 heterocycles. The van der Waals surface area contributed by atoms with E-state index in [0.717, 1.165) is 17.0 Å². The molecule has 121 valence electrons. The second-order valence-corrected chi connectivity index (χ2v) is 4.57. The van der Waals surface area contributed by atoms with Crippen molar-refractivity contribution in [3.05, 3.63) is 84.6 Å². The van der Waals surface area contributed by atoms with Crippen molar-refractivity contribution < 1.29 is 29.6 Å². The van der Waals surface area contributed by atoms with E-state index < -0.39 is 6.10 Å². The number of nitrogens with zero attached hydrogens (tertiary/aromatic N) is 2. The van der Waals surface area contributed by atoms with Crippen LogP contribution in [0.25, 0.3) is 11.3 Å². The molecule has 0 aliphatic heterocycles. The van der Waals surface area contributed by atoms with Gasteiger partial charge < -0.3 is 10.1 Å². The van der Waals surface area contributed by atoms with Crippen LogP contribution in [0.5, 0.6) is 0 Å². The van der Waals surface area contributed by atoms with Crippen LogP contribution in [0.2, 0.25) is 0 Å². The van der Waals surface area contributed by atoms with Gasteiger partial charge in [0.1, 0.15) is 0 Å². The number of aliphatic hydroxyl groups is 1. The van der Waals surface area contributed by atoms with Crippen LogP contribution in [0, 0.1) is 11.9 Å². The molecule has 5 heteroatoms. The van der Waals surface area contributed by atoms with Gasteiger partial charge in [-0.15, -0.1) is 29.8 Å². The fraction of sp³-hybridized carbons (Fsp3) is 0.111. The van der Waals surface area contributed by atoms with Crippen LogP contribution in [0.3, 0.4) is 0 Å². The molecule has 0 aliphatic rings. The van der Waals surface area contributed by atoms with Crippen LogP contribution in [-0.4, -0.2) is 15.1 Å². The van der Waals surface area contributed by atoms with Crippen LogP contribution in [0.4, 0.5) is 4.39 Å². The molecule has 0 bridgehead atoms. The Bertz CT molecular complexity index is 676. The van der Waals surface area contributed by atoms with Gasteiger partial charge in [-0.05, 0) is 30.8 Å². The molecule has 1 unspecified atom stereocenters. The Kier molecular flexibility index (Phi) is 8.27. The molecule has 0 amide bonds. The molecule has 0 saturated carbocycles. The molecule has 3 aromatic rings. The fourth-order valence-corrected chi connectivity index (χ4v) is 1.71. The van der Waals surface area contributed by atoms with Gasteiger partial charge >= 0.3 is 0 Å². The topological polar surface area (TPSA) is 46.0 Å². The Labute approximate surface area is 148 Å². The minimum absolute atomic E-state index is 0. The van der Waals surface area contributed by atoms with Crippen LogP contribution < -0.4 is 0 Å². The minimum Gasteiger partial charge on any atom is -0.387 e. The molecule has 1 aromatic carbocycles. The second kappa shape index (κ2) is 9.95. The van der Waals surface area contributed by atoms with Gasteiger partial charge in [-0.1, -0.05) is 18.2 Å². The first-order chi connectivity index (χ1) is 10.7. The van der Waals surface area contributed by atoms with Gasteiger partial charge in [-0.2, -0.15) is 0 Å². The van der Waals surface area contributed by atoms with Gasteiger partial charge in [0.15, 0.2) is 0 Å². The number of aliphatic hydroxyl groups excluding tert-OH is 1. The molecular formula is C18H16FIrN2O-. The van der Waals surface area contributed by atoms with Crippen molar-refractivity contribution in [1.29, 1.82) is 0 Å². The Morgan fingerprint density at radius 1 is 1.00 bits per heavy atom. The summed E-state index contributed by atoms with van der Waals surface area (Å²) in [6.45, 7) is 1.70. The monoisotopic (exact) mass is 488 g/mol. The minimum atomic E-state index is -0.453. The molecule has 1 atom stereocenters. The molecule has 3 rings (SSSR count). The molecule has 1 radical (unpaired) electrons. The zero-order valence-corrected chi connectivity index (χ0v) is 14.9. The summed E-state index contributed by atoms with van der Waals surface area (Å²) in [4.78, 5) is 8.05. The van der Waals surface area contributed by atoms with Crippen molar-refractivity contribution in [2.24, 2.45) is 0 Å². The van der Waals surface area contributed by atoms with Gasteiger partial charge in [-0.25, -0.2) is 0 Å². The Balaban J connectivity index is 0.000000235. The van der Waals surface area contributed by atoms with E-state index in [1.54, 1.807) is 31.5 Å². The number of hydrogen-bond donors (Lipinski definition) is 1. The van der Waals surface area contributed by atoms with Crippen molar-refractivity contribution in [2.75, 3.05) is 0 Å². The number of pyridine rings is 2. The molecule has 0 fully saturated rings. The van der Waals surface area contributed by atoms with Crippen molar-refractivity contribution in [3.63, 3.8) is 0 Å². The first-order valence-electron chi connectivity index (χ1n) is 6.84. The summed E-state index contributed by atoms with van der Waals surface area (Å²) in [7, 11) is 0. The third-order valence-corrected chi connectivity index (χ3v) is 2.83. The van der Waals surface area contributed by atoms with Crippen molar-refractivity contribution in [3.8, 4) is 11.3 Å². The summed E-state index contributed by atoms with van der Waals surface area (Å²) in [6.07, 6.45) is 2.92. The zero-order chi connectivity index (χ0) is 15.8. The van der Waals surface area contributed by atoms with Gasteiger partial charge in [0.25, 0.3) is 0 Å². The van der Waals surface area contributed by atoms with Gasteiger partial charge in [0, 0.05) is 38.3 Å². The third kappa shape index (κ3) is 6.37. The number of hydrogen-bond acceptors (Lipinski definition) is 3. The number of aromatic nitrogens is 2. The van der Waals surface area contributed by atoms with E-state index in [2.05, 4.69) is 16.0 Å². The molecule has 2 aromatic heterocycles. The van der Waals surface area contributed by atoms with E-state index in [0.29, 0.717) is 0 Å². The predicted molar refractivity (Wildman–Crippen MR) is 83.3 cm³/mol. The van der Waals surface area contributed by atoms with Gasteiger partial charge in [0.2, 0.25) is 0 Å². The van der Waals surface area contributed by atoms with Crippen LogP contribution in [0.15, 0.2) is 67.0 Å². The molecule has 23 heavy (non-hydrogen) atoms.